The highest BCUT2D eigenvalue weighted by atomic mass is 16.5. The van der Waals surface area contributed by atoms with Crippen molar-refractivity contribution in [2.24, 2.45) is 5.92 Å². The van der Waals surface area contributed by atoms with Crippen LogP contribution in [0.4, 0.5) is 4.79 Å². The number of nitrogens with one attached hydrogen (secondary N) is 2. The van der Waals surface area contributed by atoms with Gasteiger partial charge in [-0.3, -0.25) is 0 Å². The van der Waals surface area contributed by atoms with Crippen molar-refractivity contribution in [3.8, 4) is 0 Å². The zero-order chi connectivity index (χ0) is 15.1. The molecule has 0 aliphatic carbocycles. The van der Waals surface area contributed by atoms with E-state index < -0.39 is 6.09 Å². The SMILES string of the molecule is CC(C)C[C@@H](NC(=O)OCc1ccccc1)c1ncc[nH]1. The quantitative estimate of drug-likeness (QED) is 0.855. The summed E-state index contributed by atoms with van der Waals surface area (Å²) >= 11 is 0. The molecule has 0 aliphatic rings. The van der Waals surface area contributed by atoms with E-state index in [0.29, 0.717) is 5.92 Å². The Labute approximate surface area is 124 Å². The lowest BCUT2D eigenvalue weighted by Crippen LogP contribution is -2.30. The number of nitrogens with zero attached hydrogens (tertiary/aromatic N) is 1. The largest absolute Gasteiger partial charge is 0.445 e. The van der Waals surface area contributed by atoms with Crippen LogP contribution >= 0.6 is 0 Å². The van der Waals surface area contributed by atoms with Crippen molar-refractivity contribution in [3.05, 3.63) is 54.1 Å². The molecule has 1 heterocycles. The average Bonchev–Trinajstić information content (AvgIpc) is 2.99. The van der Waals surface area contributed by atoms with Crippen LogP contribution in [0.25, 0.3) is 0 Å². The van der Waals surface area contributed by atoms with E-state index in [1.54, 1.807) is 12.4 Å². The highest BCUT2D eigenvalue weighted by molar-refractivity contribution is 5.67. The third-order valence-corrected chi connectivity index (χ3v) is 3.06. The highest BCUT2D eigenvalue weighted by Gasteiger charge is 2.18. The number of aromatic amines is 1. The number of aromatic nitrogens is 2. The third-order valence-electron chi connectivity index (χ3n) is 3.06. The van der Waals surface area contributed by atoms with Crippen molar-refractivity contribution >= 4 is 6.09 Å². The second-order valence-corrected chi connectivity index (χ2v) is 5.36. The standard InChI is InChI=1S/C16H21N3O2/c1-12(2)10-14(15-17-8-9-18-15)19-16(20)21-11-13-6-4-3-5-7-13/h3-9,12,14H,10-11H2,1-2H3,(H,17,18)(H,19,20)/t14-/m1/s1. The molecule has 0 unspecified atom stereocenters. The topological polar surface area (TPSA) is 67.0 Å². The van der Waals surface area contributed by atoms with E-state index in [-0.39, 0.29) is 12.6 Å². The molecule has 5 nitrogen and oxygen atoms in total. The number of carbonyl (C=O) groups is 1. The zero-order valence-electron chi connectivity index (χ0n) is 12.4. The van der Waals surface area contributed by atoms with Crippen molar-refractivity contribution in [1.82, 2.24) is 15.3 Å². The van der Waals surface area contributed by atoms with Gasteiger partial charge in [0.15, 0.2) is 0 Å². The van der Waals surface area contributed by atoms with Crippen molar-refractivity contribution in [1.29, 1.82) is 0 Å². The molecule has 5 heteroatoms. The average molecular weight is 287 g/mol. The minimum absolute atomic E-state index is 0.164. The molecule has 0 fully saturated rings. The molecule has 0 saturated heterocycles. The fourth-order valence-electron chi connectivity index (χ4n) is 2.09. The number of carbonyl (C=O) groups excluding carboxylic acids is 1. The minimum atomic E-state index is -0.430. The Morgan fingerprint density at radius 1 is 1.33 bits per heavy atom. The van der Waals surface area contributed by atoms with Gasteiger partial charge in [-0.05, 0) is 17.9 Å². The lowest BCUT2D eigenvalue weighted by molar-refractivity contribution is 0.134. The fraction of sp³-hybridized carbons (Fsp3) is 0.375. The smallest absolute Gasteiger partial charge is 0.408 e. The van der Waals surface area contributed by atoms with Crippen LogP contribution in [0.1, 0.15) is 37.7 Å². The molecule has 1 amide bonds. The van der Waals surface area contributed by atoms with Crippen LogP contribution in [0.15, 0.2) is 42.7 Å². The van der Waals surface area contributed by atoms with Crippen LogP contribution in [0.2, 0.25) is 0 Å². The van der Waals surface area contributed by atoms with Gasteiger partial charge in [0.25, 0.3) is 0 Å². The van der Waals surface area contributed by atoms with E-state index in [1.165, 1.54) is 0 Å². The Bertz CT molecular complexity index is 538. The van der Waals surface area contributed by atoms with Gasteiger partial charge in [-0.25, -0.2) is 9.78 Å². The summed E-state index contributed by atoms with van der Waals surface area (Å²) in [5.41, 5.74) is 0.964. The summed E-state index contributed by atoms with van der Waals surface area (Å²) in [4.78, 5) is 19.2. The number of amides is 1. The maximum atomic E-state index is 11.9. The van der Waals surface area contributed by atoms with Gasteiger partial charge in [0.05, 0.1) is 6.04 Å². The first-order chi connectivity index (χ1) is 10.1. The Morgan fingerprint density at radius 2 is 2.10 bits per heavy atom. The highest BCUT2D eigenvalue weighted by Crippen LogP contribution is 2.18. The lowest BCUT2D eigenvalue weighted by Gasteiger charge is -2.18. The Kier molecular flexibility index (Phi) is 5.37. The van der Waals surface area contributed by atoms with E-state index in [0.717, 1.165) is 17.8 Å². The van der Waals surface area contributed by atoms with Crippen LogP contribution in [-0.2, 0) is 11.3 Å². The molecular weight excluding hydrogens is 266 g/mol. The van der Waals surface area contributed by atoms with Crippen molar-refractivity contribution in [3.63, 3.8) is 0 Å². The number of imidazole rings is 1. The molecule has 1 atom stereocenters. The summed E-state index contributed by atoms with van der Waals surface area (Å²) < 4.78 is 5.25. The number of benzene rings is 1. The summed E-state index contributed by atoms with van der Waals surface area (Å²) in [6.07, 6.45) is 3.80. The van der Waals surface area contributed by atoms with Crippen LogP contribution in [0, 0.1) is 5.92 Å². The van der Waals surface area contributed by atoms with E-state index in [9.17, 15) is 4.79 Å². The van der Waals surface area contributed by atoms with Gasteiger partial charge in [-0.2, -0.15) is 0 Å². The van der Waals surface area contributed by atoms with Gasteiger partial charge in [0.1, 0.15) is 12.4 Å². The zero-order valence-corrected chi connectivity index (χ0v) is 12.4. The summed E-state index contributed by atoms with van der Waals surface area (Å²) in [5, 5.41) is 2.87. The van der Waals surface area contributed by atoms with Gasteiger partial charge in [-0.15, -0.1) is 0 Å². The van der Waals surface area contributed by atoms with Crippen LogP contribution < -0.4 is 5.32 Å². The van der Waals surface area contributed by atoms with E-state index in [4.69, 9.17) is 4.74 Å². The number of rotatable bonds is 6. The maximum absolute atomic E-state index is 11.9. The molecule has 2 rings (SSSR count). The molecule has 0 spiro atoms. The summed E-state index contributed by atoms with van der Waals surface area (Å²) in [5.74, 6) is 1.19. The summed E-state index contributed by atoms with van der Waals surface area (Å²) in [6, 6.07) is 9.45. The molecule has 1 aromatic carbocycles. The van der Waals surface area contributed by atoms with Crippen LogP contribution in [-0.4, -0.2) is 16.1 Å². The van der Waals surface area contributed by atoms with Crippen molar-refractivity contribution < 1.29 is 9.53 Å². The van der Waals surface area contributed by atoms with Gasteiger partial charge in [-0.1, -0.05) is 44.2 Å². The maximum Gasteiger partial charge on any atom is 0.408 e. The Hall–Kier alpha value is -2.30. The molecule has 21 heavy (non-hydrogen) atoms. The van der Waals surface area contributed by atoms with Gasteiger partial charge < -0.3 is 15.0 Å². The van der Waals surface area contributed by atoms with E-state index in [1.807, 2.05) is 30.3 Å². The predicted molar refractivity (Wildman–Crippen MR) is 80.5 cm³/mol. The molecule has 0 saturated carbocycles. The van der Waals surface area contributed by atoms with Crippen LogP contribution in [0.3, 0.4) is 0 Å². The first-order valence-electron chi connectivity index (χ1n) is 7.11. The minimum Gasteiger partial charge on any atom is -0.445 e. The molecule has 2 aromatic rings. The summed E-state index contributed by atoms with van der Waals surface area (Å²) in [6.45, 7) is 4.47. The molecule has 112 valence electrons. The number of H-pyrrole nitrogens is 1. The molecule has 1 aromatic heterocycles. The molecule has 0 aliphatic heterocycles. The fourth-order valence-corrected chi connectivity index (χ4v) is 2.09. The van der Waals surface area contributed by atoms with Gasteiger partial charge >= 0.3 is 6.09 Å². The number of alkyl carbamates (subject to hydrolysis) is 1. The first kappa shape index (κ1) is 15.1. The Morgan fingerprint density at radius 3 is 2.71 bits per heavy atom. The van der Waals surface area contributed by atoms with E-state index in [2.05, 4.69) is 29.1 Å². The third kappa shape index (κ3) is 4.95. The lowest BCUT2D eigenvalue weighted by atomic mass is 10.0. The van der Waals surface area contributed by atoms with Gasteiger partial charge in [0, 0.05) is 12.4 Å². The van der Waals surface area contributed by atoms with Crippen molar-refractivity contribution in [2.75, 3.05) is 0 Å². The predicted octanol–water partition coefficient (Wildman–Crippen LogP) is 3.42. The van der Waals surface area contributed by atoms with Crippen LogP contribution in [0.5, 0.6) is 0 Å². The number of hydrogen-bond donors (Lipinski definition) is 2. The van der Waals surface area contributed by atoms with Gasteiger partial charge in [0.2, 0.25) is 0 Å². The number of ether oxygens (including phenoxy) is 1. The Balaban J connectivity index is 1.89. The second kappa shape index (κ2) is 7.47. The first-order valence-corrected chi connectivity index (χ1v) is 7.11. The number of hydrogen-bond acceptors (Lipinski definition) is 3. The normalized spacial score (nSPS) is 12.1. The second-order valence-electron chi connectivity index (χ2n) is 5.36. The van der Waals surface area contributed by atoms with Crippen molar-refractivity contribution in [2.45, 2.75) is 32.9 Å². The summed E-state index contributed by atoms with van der Waals surface area (Å²) in [7, 11) is 0. The molecule has 0 radical (unpaired) electrons. The molecule has 2 N–H and O–H groups in total. The molecule has 0 bridgehead atoms. The van der Waals surface area contributed by atoms with E-state index >= 15 is 0 Å². The molecular formula is C16H21N3O2. The monoisotopic (exact) mass is 287 g/mol.